The van der Waals surface area contributed by atoms with Crippen molar-refractivity contribution in [3.8, 4) is 0 Å². The minimum atomic E-state index is -0.608. The van der Waals surface area contributed by atoms with Crippen LogP contribution in [0, 0.1) is 0 Å². The molecule has 0 bridgehead atoms. The number of hydrogen-bond donors (Lipinski definition) is 3. The summed E-state index contributed by atoms with van der Waals surface area (Å²) in [6.45, 7) is 0.575. The number of benzene rings is 1. The van der Waals surface area contributed by atoms with Crippen LogP contribution in [-0.2, 0) is 4.79 Å². The molecule has 18 heavy (non-hydrogen) atoms. The average Bonchev–Trinajstić information content (AvgIpc) is 2.38. The maximum Gasteiger partial charge on any atom is 0.253 e. The molecule has 1 aromatic rings. The summed E-state index contributed by atoms with van der Waals surface area (Å²) < 4.78 is 0. The molecule has 0 aliphatic carbocycles. The van der Waals surface area contributed by atoms with Gasteiger partial charge in [-0.3, -0.25) is 9.59 Å². The quantitative estimate of drug-likeness (QED) is 0.486. The van der Waals surface area contributed by atoms with Gasteiger partial charge in [0.2, 0.25) is 6.29 Å². The van der Waals surface area contributed by atoms with Gasteiger partial charge in [-0.1, -0.05) is 12.1 Å². The Balaban J connectivity index is 2.57. The van der Waals surface area contributed by atoms with E-state index in [2.05, 4.69) is 5.32 Å². The average molecular weight is 248 g/mol. The van der Waals surface area contributed by atoms with Crippen LogP contribution in [0.1, 0.15) is 29.6 Å². The zero-order valence-corrected chi connectivity index (χ0v) is 10.2. The molecule has 0 fully saturated rings. The second kappa shape index (κ2) is 7.45. The summed E-state index contributed by atoms with van der Waals surface area (Å²) >= 11 is 0. The molecule has 5 nitrogen and oxygen atoms in total. The monoisotopic (exact) mass is 248 g/mol. The van der Waals surface area contributed by atoms with E-state index in [0.29, 0.717) is 24.2 Å². The van der Waals surface area contributed by atoms with Gasteiger partial charge in [0.05, 0.1) is 11.6 Å². The van der Waals surface area contributed by atoms with Gasteiger partial charge in [-0.05, 0) is 37.9 Å². The third kappa shape index (κ3) is 4.18. The number of para-hydroxylation sites is 1. The van der Waals surface area contributed by atoms with E-state index in [-0.39, 0.29) is 5.91 Å². The summed E-state index contributed by atoms with van der Waals surface area (Å²) in [7, 11) is 0. The van der Waals surface area contributed by atoms with Crippen LogP contribution >= 0.6 is 0 Å². The van der Waals surface area contributed by atoms with E-state index in [1.54, 1.807) is 24.3 Å². The van der Waals surface area contributed by atoms with Crippen LogP contribution in [0.4, 0.5) is 5.69 Å². The summed E-state index contributed by atoms with van der Waals surface area (Å²) in [6, 6.07) is 6.12. The maximum atomic E-state index is 11.9. The molecule has 0 saturated carbocycles. The first-order valence-electron chi connectivity index (χ1n) is 5.92. The Hall–Kier alpha value is -1.88. The largest absolute Gasteiger partial charge is 0.398 e. The van der Waals surface area contributed by atoms with Gasteiger partial charge < -0.3 is 16.8 Å². The fourth-order valence-corrected chi connectivity index (χ4v) is 1.59. The van der Waals surface area contributed by atoms with Crippen LogP contribution in [0.25, 0.3) is 0 Å². The smallest absolute Gasteiger partial charge is 0.253 e. The van der Waals surface area contributed by atoms with Gasteiger partial charge in [-0.25, -0.2) is 0 Å². The van der Waals surface area contributed by atoms with E-state index >= 15 is 0 Å². The Morgan fingerprint density at radius 3 is 2.67 bits per heavy atom. The minimum absolute atomic E-state index is 0.353. The normalized spacial score (nSPS) is 11.8. The van der Waals surface area contributed by atoms with Gasteiger partial charge in [0.25, 0.3) is 5.91 Å². The fourth-order valence-electron chi connectivity index (χ4n) is 1.59. The van der Waals surface area contributed by atoms with Crippen LogP contribution < -0.4 is 16.8 Å². The van der Waals surface area contributed by atoms with Crippen molar-refractivity contribution in [2.75, 3.05) is 12.3 Å². The van der Waals surface area contributed by atoms with E-state index < -0.39 is 6.04 Å². The third-order valence-electron chi connectivity index (χ3n) is 2.60. The predicted molar refractivity (Wildman–Crippen MR) is 70.7 cm³/mol. The lowest BCUT2D eigenvalue weighted by Gasteiger charge is -2.12. The molecule has 1 amide bonds. The highest BCUT2D eigenvalue weighted by molar-refractivity contribution is 6.00. The topological polar surface area (TPSA) is 98.2 Å². The molecule has 1 radical (unpaired) electrons. The molecule has 0 unspecified atom stereocenters. The third-order valence-corrected chi connectivity index (χ3v) is 2.60. The molecular weight excluding hydrogens is 230 g/mol. The lowest BCUT2D eigenvalue weighted by molar-refractivity contribution is 0.0945. The molecule has 0 spiro atoms. The summed E-state index contributed by atoms with van der Waals surface area (Å²) in [4.78, 5) is 22.6. The molecule has 0 saturated heterocycles. The van der Waals surface area contributed by atoms with E-state index in [9.17, 15) is 9.59 Å². The number of rotatable bonds is 7. The van der Waals surface area contributed by atoms with Gasteiger partial charge in [0.15, 0.2) is 0 Å². The van der Waals surface area contributed by atoms with Crippen molar-refractivity contribution in [2.24, 2.45) is 5.73 Å². The molecule has 1 aromatic carbocycles. The first-order chi connectivity index (χ1) is 8.69. The van der Waals surface area contributed by atoms with Gasteiger partial charge in [-0.15, -0.1) is 0 Å². The lowest BCUT2D eigenvalue weighted by Crippen LogP contribution is -2.36. The van der Waals surface area contributed by atoms with Crippen LogP contribution in [0.3, 0.4) is 0 Å². The molecule has 0 aliphatic heterocycles. The number of nitrogens with two attached hydrogens (primary N) is 2. The highest BCUT2D eigenvalue weighted by Gasteiger charge is 2.14. The Kier molecular flexibility index (Phi) is 5.87. The number of nitrogen functional groups attached to an aromatic ring is 1. The minimum Gasteiger partial charge on any atom is -0.398 e. The number of nitrogens with one attached hydrogen (secondary N) is 1. The van der Waals surface area contributed by atoms with Crippen molar-refractivity contribution in [1.82, 2.24) is 5.32 Å². The first-order valence-corrected chi connectivity index (χ1v) is 5.92. The number of carbonyl (C=O) groups excluding carboxylic acids is 2. The number of unbranched alkanes of at least 4 members (excludes halogenated alkanes) is 1. The number of amides is 1. The number of carbonyl (C=O) groups is 1. The van der Waals surface area contributed by atoms with E-state index in [1.807, 2.05) is 6.29 Å². The summed E-state index contributed by atoms with van der Waals surface area (Å²) in [5, 5.41) is 2.60. The SMILES string of the molecule is NCCCC[C@@H]([C]=O)NC(=O)c1ccccc1N. The molecule has 1 atom stereocenters. The first kappa shape index (κ1) is 14.2. The van der Waals surface area contributed by atoms with Crippen molar-refractivity contribution in [2.45, 2.75) is 25.3 Å². The Morgan fingerprint density at radius 2 is 2.06 bits per heavy atom. The lowest BCUT2D eigenvalue weighted by atomic mass is 10.1. The van der Waals surface area contributed by atoms with Gasteiger partial charge in [-0.2, -0.15) is 0 Å². The fraction of sp³-hybridized carbons (Fsp3) is 0.385. The van der Waals surface area contributed by atoms with Gasteiger partial charge >= 0.3 is 0 Å². The van der Waals surface area contributed by atoms with Crippen molar-refractivity contribution in [3.63, 3.8) is 0 Å². The summed E-state index contributed by atoms with van der Waals surface area (Å²) in [5.41, 5.74) is 11.8. The molecular formula is C13H18N3O2. The predicted octanol–water partition coefficient (Wildman–Crippen LogP) is 0.606. The zero-order valence-electron chi connectivity index (χ0n) is 10.2. The van der Waals surface area contributed by atoms with Gasteiger partial charge in [0, 0.05) is 5.69 Å². The Morgan fingerprint density at radius 1 is 1.33 bits per heavy atom. The molecule has 0 heterocycles. The standard InChI is InChI=1S/C13H18N3O2/c14-8-4-3-5-10(9-17)16-13(18)11-6-1-2-7-12(11)15/h1-2,6-7,10H,3-5,8,14-15H2,(H,16,18)/t10-/m0/s1. The molecule has 5 N–H and O–H groups in total. The highest BCUT2D eigenvalue weighted by atomic mass is 16.2. The van der Waals surface area contributed by atoms with E-state index in [1.165, 1.54) is 0 Å². The molecule has 1 rings (SSSR count). The highest BCUT2D eigenvalue weighted by Crippen LogP contribution is 2.10. The van der Waals surface area contributed by atoms with Crippen molar-refractivity contribution < 1.29 is 9.59 Å². The van der Waals surface area contributed by atoms with Crippen molar-refractivity contribution in [1.29, 1.82) is 0 Å². The number of anilines is 1. The van der Waals surface area contributed by atoms with Crippen molar-refractivity contribution in [3.05, 3.63) is 29.8 Å². The Labute approximate surface area is 107 Å². The second-order valence-corrected chi connectivity index (χ2v) is 4.02. The van der Waals surface area contributed by atoms with Crippen LogP contribution in [-0.4, -0.2) is 24.8 Å². The van der Waals surface area contributed by atoms with E-state index in [0.717, 1.165) is 12.8 Å². The summed E-state index contributed by atoms with van der Waals surface area (Å²) in [5.74, 6) is -0.353. The van der Waals surface area contributed by atoms with Crippen LogP contribution in [0.15, 0.2) is 24.3 Å². The molecule has 97 valence electrons. The van der Waals surface area contributed by atoms with Gasteiger partial charge in [0.1, 0.15) is 0 Å². The van der Waals surface area contributed by atoms with Crippen LogP contribution in [0.5, 0.6) is 0 Å². The molecule has 0 aromatic heterocycles. The van der Waals surface area contributed by atoms with E-state index in [4.69, 9.17) is 11.5 Å². The van der Waals surface area contributed by atoms with Crippen LogP contribution in [0.2, 0.25) is 0 Å². The molecule has 0 aliphatic rings. The zero-order chi connectivity index (χ0) is 13.4. The maximum absolute atomic E-state index is 11.9. The Bertz CT molecular complexity index is 407. The number of hydrogen-bond acceptors (Lipinski definition) is 4. The molecule has 5 heteroatoms. The van der Waals surface area contributed by atoms with Crippen molar-refractivity contribution >= 4 is 17.9 Å². The summed E-state index contributed by atoms with van der Waals surface area (Å²) in [6.07, 6.45) is 3.96. The second-order valence-electron chi connectivity index (χ2n) is 4.02.